The van der Waals surface area contributed by atoms with Gasteiger partial charge in [-0.15, -0.1) is 0 Å². The Bertz CT molecular complexity index is 1540. The van der Waals surface area contributed by atoms with Crippen molar-refractivity contribution in [1.29, 1.82) is 0 Å². The van der Waals surface area contributed by atoms with Crippen LogP contribution in [-0.2, 0) is 5.41 Å². The van der Waals surface area contributed by atoms with Crippen LogP contribution in [0.25, 0.3) is 5.69 Å². The van der Waals surface area contributed by atoms with E-state index in [9.17, 15) is 9.18 Å². The molecule has 0 unspecified atom stereocenters. The summed E-state index contributed by atoms with van der Waals surface area (Å²) in [5.41, 5.74) is 2.10. The number of rotatable bonds is 9. The van der Waals surface area contributed by atoms with Gasteiger partial charge in [0.1, 0.15) is 28.9 Å². The molecular weight excluding hydrogens is 547 g/mol. The van der Waals surface area contributed by atoms with E-state index in [0.29, 0.717) is 29.8 Å². The number of benzene rings is 2. The molecule has 9 nitrogen and oxygen atoms in total. The van der Waals surface area contributed by atoms with E-state index in [-0.39, 0.29) is 11.1 Å². The molecule has 0 radical (unpaired) electrons. The molecule has 2 aromatic carbocycles. The molecule has 0 atom stereocenters. The molecule has 5 rings (SSSR count). The van der Waals surface area contributed by atoms with Gasteiger partial charge in [-0.2, -0.15) is 5.10 Å². The van der Waals surface area contributed by atoms with Gasteiger partial charge < -0.3 is 20.1 Å². The summed E-state index contributed by atoms with van der Waals surface area (Å²) in [6.45, 7) is 10.8. The molecule has 0 saturated carbocycles. The second-order valence-corrected chi connectivity index (χ2v) is 11.9. The highest BCUT2D eigenvalue weighted by molar-refractivity contribution is 5.99. The van der Waals surface area contributed by atoms with Gasteiger partial charge in [0.2, 0.25) is 0 Å². The average Bonchev–Trinajstić information content (AvgIpc) is 3.40. The highest BCUT2D eigenvalue weighted by Gasteiger charge is 2.22. The van der Waals surface area contributed by atoms with Crippen LogP contribution in [-0.4, -0.2) is 40.5 Å². The van der Waals surface area contributed by atoms with E-state index in [1.807, 2.05) is 37.3 Å². The fourth-order valence-electron chi connectivity index (χ4n) is 4.88. The minimum absolute atomic E-state index is 0.0175. The number of halogens is 1. The summed E-state index contributed by atoms with van der Waals surface area (Å²) >= 11 is 0. The molecule has 0 bridgehead atoms. The van der Waals surface area contributed by atoms with Crippen molar-refractivity contribution in [2.75, 3.05) is 30.3 Å². The molecule has 1 fully saturated rings. The molecule has 2 amide bonds. The number of carbonyl (C=O) groups excluding carboxylic acids is 1. The maximum Gasteiger partial charge on any atom is 0.324 e. The van der Waals surface area contributed by atoms with E-state index >= 15 is 0 Å². The Labute approximate surface area is 251 Å². The summed E-state index contributed by atoms with van der Waals surface area (Å²) in [4.78, 5) is 17.1. The SMILES string of the molecule is Cc1cc(Oc2ccc(NC(=O)Nc3cc(C(C)(C)C)nn3-c3ccc(OCCC4CCNCC4)cc3)c(F)c2)ccn1. The minimum atomic E-state index is -0.627. The van der Waals surface area contributed by atoms with Crippen LogP contribution in [0.1, 0.15) is 51.4 Å². The van der Waals surface area contributed by atoms with Gasteiger partial charge in [0.05, 0.1) is 23.7 Å². The largest absolute Gasteiger partial charge is 0.494 e. The van der Waals surface area contributed by atoms with Gasteiger partial charge in [-0.25, -0.2) is 13.9 Å². The predicted octanol–water partition coefficient (Wildman–Crippen LogP) is 7.22. The fourth-order valence-corrected chi connectivity index (χ4v) is 4.88. The second-order valence-electron chi connectivity index (χ2n) is 11.9. The number of nitrogens with zero attached hydrogens (tertiary/aromatic N) is 3. The maximum absolute atomic E-state index is 14.9. The van der Waals surface area contributed by atoms with E-state index in [2.05, 4.69) is 41.7 Å². The van der Waals surface area contributed by atoms with Crippen molar-refractivity contribution in [3.05, 3.63) is 84.1 Å². The Hall–Kier alpha value is -4.44. The number of carbonyl (C=O) groups is 1. The molecule has 226 valence electrons. The summed E-state index contributed by atoms with van der Waals surface area (Å²) in [5.74, 6) is 2.17. The lowest BCUT2D eigenvalue weighted by Gasteiger charge is -2.22. The number of aromatic nitrogens is 3. The first-order valence-corrected chi connectivity index (χ1v) is 14.7. The summed E-state index contributed by atoms with van der Waals surface area (Å²) in [7, 11) is 0. The number of pyridine rings is 1. The topological polar surface area (TPSA) is 102 Å². The van der Waals surface area contributed by atoms with Gasteiger partial charge in [-0.1, -0.05) is 20.8 Å². The van der Waals surface area contributed by atoms with Gasteiger partial charge in [0.25, 0.3) is 0 Å². The molecule has 2 aromatic heterocycles. The number of aryl methyl sites for hydroxylation is 1. The predicted molar refractivity (Wildman–Crippen MR) is 166 cm³/mol. The van der Waals surface area contributed by atoms with Crippen LogP contribution in [0.15, 0.2) is 66.9 Å². The minimum Gasteiger partial charge on any atom is -0.494 e. The lowest BCUT2D eigenvalue weighted by Crippen LogP contribution is -2.28. The number of piperidine rings is 1. The van der Waals surface area contributed by atoms with E-state index in [1.165, 1.54) is 25.0 Å². The van der Waals surface area contributed by atoms with E-state index in [4.69, 9.17) is 14.6 Å². The quantitative estimate of drug-likeness (QED) is 0.191. The first kappa shape index (κ1) is 30.0. The molecule has 3 heterocycles. The highest BCUT2D eigenvalue weighted by atomic mass is 19.1. The molecule has 43 heavy (non-hydrogen) atoms. The highest BCUT2D eigenvalue weighted by Crippen LogP contribution is 2.29. The van der Waals surface area contributed by atoms with E-state index in [0.717, 1.165) is 42.3 Å². The molecule has 3 N–H and O–H groups in total. The van der Waals surface area contributed by atoms with Crippen molar-refractivity contribution in [2.45, 2.75) is 52.4 Å². The molecule has 10 heteroatoms. The van der Waals surface area contributed by atoms with E-state index < -0.39 is 11.8 Å². The molecule has 0 aliphatic carbocycles. The van der Waals surface area contributed by atoms with Gasteiger partial charge in [0.15, 0.2) is 0 Å². The van der Waals surface area contributed by atoms with Crippen LogP contribution >= 0.6 is 0 Å². The van der Waals surface area contributed by atoms with Crippen LogP contribution < -0.4 is 25.4 Å². The number of anilines is 2. The van der Waals surface area contributed by atoms with Crippen LogP contribution in [0.4, 0.5) is 20.7 Å². The third-order valence-electron chi connectivity index (χ3n) is 7.35. The Morgan fingerprint density at radius 1 is 1.00 bits per heavy atom. The smallest absolute Gasteiger partial charge is 0.324 e. The Kier molecular flexibility index (Phi) is 9.25. The van der Waals surface area contributed by atoms with Gasteiger partial charge in [0, 0.05) is 35.5 Å². The third-order valence-corrected chi connectivity index (χ3v) is 7.35. The lowest BCUT2D eigenvalue weighted by molar-refractivity contribution is 0.252. The third kappa shape index (κ3) is 8.10. The summed E-state index contributed by atoms with van der Waals surface area (Å²) in [6.07, 6.45) is 5.05. The number of nitrogens with one attached hydrogen (secondary N) is 3. The zero-order valence-electron chi connectivity index (χ0n) is 25.1. The number of hydrogen-bond acceptors (Lipinski definition) is 6. The normalized spacial score (nSPS) is 13.9. The van der Waals surface area contributed by atoms with Crippen molar-refractivity contribution in [3.63, 3.8) is 0 Å². The molecule has 1 aliphatic heterocycles. The molecule has 1 aliphatic rings. The number of ether oxygens (including phenoxy) is 2. The lowest BCUT2D eigenvalue weighted by atomic mass is 9.92. The monoisotopic (exact) mass is 586 g/mol. The average molecular weight is 587 g/mol. The van der Waals surface area contributed by atoms with Crippen molar-refractivity contribution in [1.82, 2.24) is 20.1 Å². The van der Waals surface area contributed by atoms with Gasteiger partial charge in [-0.3, -0.25) is 10.3 Å². The van der Waals surface area contributed by atoms with Crippen LogP contribution in [0.3, 0.4) is 0 Å². The molecule has 1 saturated heterocycles. The van der Waals surface area contributed by atoms with Crippen LogP contribution in [0, 0.1) is 18.7 Å². The summed E-state index contributed by atoms with van der Waals surface area (Å²) in [5, 5.41) is 13.6. The molecular formula is C33H39FN6O3. The van der Waals surface area contributed by atoms with Crippen molar-refractivity contribution >= 4 is 17.5 Å². The van der Waals surface area contributed by atoms with Crippen LogP contribution in [0.2, 0.25) is 0 Å². The van der Waals surface area contributed by atoms with E-state index in [1.54, 1.807) is 29.1 Å². The fraction of sp³-hybridized carbons (Fsp3) is 0.364. The molecule has 4 aromatic rings. The van der Waals surface area contributed by atoms with Crippen molar-refractivity contribution in [2.24, 2.45) is 5.92 Å². The summed E-state index contributed by atoms with van der Waals surface area (Å²) < 4.78 is 28.3. The zero-order valence-corrected chi connectivity index (χ0v) is 25.1. The van der Waals surface area contributed by atoms with Crippen molar-refractivity contribution < 1.29 is 18.7 Å². The van der Waals surface area contributed by atoms with Crippen LogP contribution in [0.5, 0.6) is 17.2 Å². The standard InChI is InChI=1S/C33H39FN6O3/c1-22-19-27(13-17-36-22)43-26-9-10-29(28(34)20-26)37-32(41)38-31-21-30(33(2,3)4)39-40(31)24-5-7-25(8-6-24)42-18-14-23-11-15-35-16-12-23/h5-10,13,17,19-21,23,35H,11-12,14-16,18H2,1-4H3,(H2,37,38,41). The second kappa shape index (κ2) is 13.2. The van der Waals surface area contributed by atoms with Gasteiger partial charge >= 0.3 is 6.03 Å². The van der Waals surface area contributed by atoms with Crippen molar-refractivity contribution in [3.8, 4) is 22.9 Å². The summed E-state index contributed by atoms with van der Waals surface area (Å²) in [6, 6.07) is 16.6. The Morgan fingerprint density at radius 2 is 1.72 bits per heavy atom. The first-order valence-electron chi connectivity index (χ1n) is 14.7. The Balaban J connectivity index is 1.25. The maximum atomic E-state index is 14.9. The Morgan fingerprint density at radius 3 is 2.42 bits per heavy atom. The van der Waals surface area contributed by atoms with Gasteiger partial charge in [-0.05, 0) is 87.7 Å². The first-order chi connectivity index (χ1) is 20.6. The number of hydrogen-bond donors (Lipinski definition) is 3. The zero-order chi connectivity index (χ0) is 30.4. The number of urea groups is 1. The number of amides is 2. The molecule has 0 spiro atoms.